The molecule has 2 aromatic rings. The van der Waals surface area contributed by atoms with Gasteiger partial charge in [-0.15, -0.1) is 0 Å². The van der Waals surface area contributed by atoms with Crippen molar-refractivity contribution in [2.24, 2.45) is 0 Å². The highest BCUT2D eigenvalue weighted by molar-refractivity contribution is 5.64. The SMILES string of the molecule is CN1CCC(Oc2ccccc2-c2nccn2CCO)CC1. The van der Waals surface area contributed by atoms with E-state index in [9.17, 15) is 5.11 Å². The highest BCUT2D eigenvalue weighted by atomic mass is 16.5. The van der Waals surface area contributed by atoms with Crippen LogP contribution in [0.25, 0.3) is 11.4 Å². The first-order valence-electron chi connectivity index (χ1n) is 7.84. The number of hydrogen-bond donors (Lipinski definition) is 1. The molecule has 0 unspecified atom stereocenters. The van der Waals surface area contributed by atoms with Crippen LogP contribution in [0.4, 0.5) is 0 Å². The Morgan fingerprint density at radius 2 is 2.05 bits per heavy atom. The van der Waals surface area contributed by atoms with Crippen LogP contribution in [0.2, 0.25) is 0 Å². The van der Waals surface area contributed by atoms with Gasteiger partial charge in [0.05, 0.1) is 12.2 Å². The van der Waals surface area contributed by atoms with Crippen molar-refractivity contribution >= 4 is 0 Å². The number of benzene rings is 1. The van der Waals surface area contributed by atoms with Gasteiger partial charge in [0.1, 0.15) is 17.7 Å². The van der Waals surface area contributed by atoms with E-state index in [1.54, 1.807) is 6.20 Å². The van der Waals surface area contributed by atoms with Crippen LogP contribution < -0.4 is 4.74 Å². The van der Waals surface area contributed by atoms with Gasteiger partial charge in [0.25, 0.3) is 0 Å². The summed E-state index contributed by atoms with van der Waals surface area (Å²) in [6, 6.07) is 8.02. The second-order valence-corrected chi connectivity index (χ2v) is 5.78. The third-order valence-corrected chi connectivity index (χ3v) is 4.14. The molecule has 1 fully saturated rings. The Morgan fingerprint density at radius 1 is 1.27 bits per heavy atom. The molecule has 5 heteroatoms. The van der Waals surface area contributed by atoms with Crippen LogP contribution in [0, 0.1) is 0 Å². The van der Waals surface area contributed by atoms with Crippen LogP contribution in [-0.4, -0.2) is 52.4 Å². The van der Waals surface area contributed by atoms with Gasteiger partial charge in [0, 0.05) is 32.0 Å². The Labute approximate surface area is 131 Å². The Balaban J connectivity index is 1.82. The van der Waals surface area contributed by atoms with Crippen LogP contribution in [0.5, 0.6) is 5.75 Å². The maximum Gasteiger partial charge on any atom is 0.143 e. The third-order valence-electron chi connectivity index (χ3n) is 4.14. The van der Waals surface area contributed by atoms with Crippen LogP contribution in [0.15, 0.2) is 36.7 Å². The molecule has 0 radical (unpaired) electrons. The number of aliphatic hydroxyl groups excluding tert-OH is 1. The number of hydrogen-bond acceptors (Lipinski definition) is 4. The lowest BCUT2D eigenvalue weighted by Crippen LogP contribution is -2.35. The van der Waals surface area contributed by atoms with Gasteiger partial charge in [-0.1, -0.05) is 12.1 Å². The first-order chi connectivity index (χ1) is 10.8. The van der Waals surface area contributed by atoms with Crippen molar-refractivity contribution in [3.8, 4) is 17.1 Å². The molecular weight excluding hydrogens is 278 g/mol. The molecule has 1 saturated heterocycles. The standard InChI is InChI=1S/C17H23N3O2/c1-19-9-6-14(7-10-19)22-16-5-3-2-4-15(16)17-18-8-11-20(17)12-13-21/h2-5,8,11,14,21H,6-7,9-10,12-13H2,1H3. The third kappa shape index (κ3) is 3.31. The zero-order valence-electron chi connectivity index (χ0n) is 13.0. The second kappa shape index (κ2) is 6.94. The summed E-state index contributed by atoms with van der Waals surface area (Å²) in [6.45, 7) is 2.79. The quantitative estimate of drug-likeness (QED) is 0.918. The molecule has 1 aromatic carbocycles. The van der Waals surface area contributed by atoms with Gasteiger partial charge in [-0.25, -0.2) is 4.98 Å². The fraction of sp³-hybridized carbons (Fsp3) is 0.471. The van der Waals surface area contributed by atoms with Crippen molar-refractivity contribution in [3.05, 3.63) is 36.7 Å². The van der Waals surface area contributed by atoms with Crippen LogP contribution in [0.1, 0.15) is 12.8 Å². The minimum atomic E-state index is 0.0986. The van der Waals surface area contributed by atoms with E-state index in [0.29, 0.717) is 6.54 Å². The summed E-state index contributed by atoms with van der Waals surface area (Å²) < 4.78 is 8.20. The number of likely N-dealkylation sites (tertiary alicyclic amines) is 1. The van der Waals surface area contributed by atoms with Gasteiger partial charge in [-0.3, -0.25) is 0 Å². The number of piperidine rings is 1. The number of ether oxygens (including phenoxy) is 1. The first kappa shape index (κ1) is 15.1. The van der Waals surface area contributed by atoms with Crippen molar-refractivity contribution in [3.63, 3.8) is 0 Å². The lowest BCUT2D eigenvalue weighted by Gasteiger charge is -2.29. The number of aromatic nitrogens is 2. The van der Waals surface area contributed by atoms with E-state index in [1.807, 2.05) is 35.0 Å². The molecule has 3 rings (SSSR count). The topological polar surface area (TPSA) is 50.5 Å². The van der Waals surface area contributed by atoms with E-state index in [-0.39, 0.29) is 12.7 Å². The second-order valence-electron chi connectivity index (χ2n) is 5.78. The van der Waals surface area contributed by atoms with E-state index in [4.69, 9.17) is 4.74 Å². The summed E-state index contributed by atoms with van der Waals surface area (Å²) in [5, 5.41) is 9.18. The molecule has 1 aromatic heterocycles. The van der Waals surface area contributed by atoms with E-state index in [1.165, 1.54) is 0 Å². The van der Waals surface area contributed by atoms with Gasteiger partial charge >= 0.3 is 0 Å². The molecule has 0 atom stereocenters. The molecule has 1 aliphatic heterocycles. The zero-order valence-corrected chi connectivity index (χ0v) is 13.0. The number of para-hydroxylation sites is 1. The molecule has 0 bridgehead atoms. The molecule has 118 valence electrons. The van der Waals surface area contributed by atoms with Gasteiger partial charge < -0.3 is 19.3 Å². The summed E-state index contributed by atoms with van der Waals surface area (Å²) in [7, 11) is 2.15. The summed E-state index contributed by atoms with van der Waals surface area (Å²) >= 11 is 0. The Kier molecular flexibility index (Phi) is 4.75. The minimum Gasteiger partial charge on any atom is -0.490 e. The first-order valence-corrected chi connectivity index (χ1v) is 7.84. The molecule has 22 heavy (non-hydrogen) atoms. The molecule has 1 aliphatic rings. The Bertz CT molecular complexity index is 603. The summed E-state index contributed by atoms with van der Waals surface area (Å²) in [4.78, 5) is 6.77. The van der Waals surface area contributed by atoms with E-state index in [0.717, 1.165) is 43.1 Å². The predicted octanol–water partition coefficient (Wildman–Crippen LogP) is 2.02. The summed E-state index contributed by atoms with van der Waals surface area (Å²) in [5.74, 6) is 1.72. The summed E-state index contributed by atoms with van der Waals surface area (Å²) in [5.41, 5.74) is 0.986. The number of imidazole rings is 1. The average Bonchev–Trinajstić information content (AvgIpc) is 2.99. The van der Waals surface area contributed by atoms with Crippen molar-refractivity contribution in [1.82, 2.24) is 14.5 Å². The summed E-state index contributed by atoms with van der Waals surface area (Å²) in [6.07, 6.45) is 6.01. The Morgan fingerprint density at radius 3 is 2.82 bits per heavy atom. The van der Waals surface area contributed by atoms with Crippen LogP contribution >= 0.6 is 0 Å². The van der Waals surface area contributed by atoms with E-state index < -0.39 is 0 Å². The molecular formula is C17H23N3O2. The highest BCUT2D eigenvalue weighted by Crippen LogP contribution is 2.30. The molecule has 0 aliphatic carbocycles. The van der Waals surface area contributed by atoms with Crippen molar-refractivity contribution in [1.29, 1.82) is 0 Å². The zero-order chi connectivity index (χ0) is 15.4. The number of rotatable bonds is 5. The number of nitrogens with zero attached hydrogens (tertiary/aromatic N) is 3. The monoisotopic (exact) mass is 301 g/mol. The molecule has 0 saturated carbocycles. The lowest BCUT2D eigenvalue weighted by molar-refractivity contribution is 0.115. The molecule has 0 spiro atoms. The van der Waals surface area contributed by atoms with Crippen molar-refractivity contribution in [2.45, 2.75) is 25.5 Å². The largest absolute Gasteiger partial charge is 0.490 e. The Hall–Kier alpha value is -1.85. The van der Waals surface area contributed by atoms with E-state index >= 15 is 0 Å². The van der Waals surface area contributed by atoms with Gasteiger partial charge in [0.15, 0.2) is 0 Å². The molecule has 0 amide bonds. The van der Waals surface area contributed by atoms with Crippen LogP contribution in [0.3, 0.4) is 0 Å². The van der Waals surface area contributed by atoms with Crippen molar-refractivity contribution < 1.29 is 9.84 Å². The molecule has 2 heterocycles. The van der Waals surface area contributed by atoms with E-state index in [2.05, 4.69) is 16.9 Å². The molecule has 1 N–H and O–H groups in total. The maximum absolute atomic E-state index is 9.18. The van der Waals surface area contributed by atoms with Gasteiger partial charge in [-0.05, 0) is 32.0 Å². The normalized spacial score (nSPS) is 16.8. The highest BCUT2D eigenvalue weighted by Gasteiger charge is 2.20. The molecule has 5 nitrogen and oxygen atoms in total. The van der Waals surface area contributed by atoms with Crippen molar-refractivity contribution in [2.75, 3.05) is 26.7 Å². The predicted molar refractivity (Wildman–Crippen MR) is 85.9 cm³/mol. The fourth-order valence-electron chi connectivity index (χ4n) is 2.88. The van der Waals surface area contributed by atoms with Crippen LogP contribution in [-0.2, 0) is 6.54 Å². The fourth-order valence-corrected chi connectivity index (χ4v) is 2.88. The maximum atomic E-state index is 9.18. The lowest BCUT2D eigenvalue weighted by atomic mass is 10.1. The number of aliphatic hydroxyl groups is 1. The minimum absolute atomic E-state index is 0.0986. The van der Waals surface area contributed by atoms with Gasteiger partial charge in [0.2, 0.25) is 0 Å². The average molecular weight is 301 g/mol. The smallest absolute Gasteiger partial charge is 0.143 e. The van der Waals surface area contributed by atoms with Gasteiger partial charge in [-0.2, -0.15) is 0 Å².